The second-order valence-electron chi connectivity index (χ2n) is 6.83. The summed E-state index contributed by atoms with van der Waals surface area (Å²) < 4.78 is 1.39. The highest BCUT2D eigenvalue weighted by Gasteiger charge is 2.17. The first-order chi connectivity index (χ1) is 14.6. The summed E-state index contributed by atoms with van der Waals surface area (Å²) >= 11 is 0. The van der Waals surface area contributed by atoms with Crippen LogP contribution >= 0.6 is 0 Å². The highest BCUT2D eigenvalue weighted by Crippen LogP contribution is 2.10. The van der Waals surface area contributed by atoms with Crippen molar-refractivity contribution in [3.05, 3.63) is 112 Å². The summed E-state index contributed by atoms with van der Waals surface area (Å²) in [5.41, 5.74) is 5.20. The number of carbonyl (C=O) groups is 1. The molecule has 4 rings (SSSR count). The summed E-state index contributed by atoms with van der Waals surface area (Å²) in [5, 5.41) is 4.66. The molecule has 0 unspecified atom stereocenters. The van der Waals surface area contributed by atoms with Gasteiger partial charge in [0, 0.05) is 0 Å². The highest BCUT2D eigenvalue weighted by molar-refractivity contribution is 6.00. The third kappa shape index (κ3) is 4.03. The smallest absolute Gasteiger partial charge is 0.283 e. The second kappa shape index (κ2) is 8.53. The van der Waals surface area contributed by atoms with Crippen LogP contribution in [-0.4, -0.2) is 21.2 Å². The first-order valence-corrected chi connectivity index (χ1v) is 9.57. The van der Waals surface area contributed by atoms with Crippen molar-refractivity contribution in [3.63, 3.8) is 0 Å². The molecule has 4 aromatic rings. The first-order valence-electron chi connectivity index (χ1n) is 9.57. The van der Waals surface area contributed by atoms with Crippen molar-refractivity contribution in [1.82, 2.24) is 15.0 Å². The Balaban J connectivity index is 1.74. The molecule has 0 aliphatic heterocycles. The third-order valence-corrected chi connectivity index (χ3v) is 4.76. The van der Waals surface area contributed by atoms with Gasteiger partial charge in [0.1, 0.15) is 0 Å². The van der Waals surface area contributed by atoms with Crippen LogP contribution in [-0.2, 0) is 6.54 Å². The van der Waals surface area contributed by atoms with Crippen LogP contribution in [0.5, 0.6) is 0 Å². The molecule has 0 aliphatic carbocycles. The van der Waals surface area contributed by atoms with E-state index in [1.165, 1.54) is 4.57 Å². The predicted octanol–water partition coefficient (Wildman–Crippen LogP) is 3.60. The van der Waals surface area contributed by atoms with Crippen molar-refractivity contribution in [3.8, 4) is 0 Å². The maximum Gasteiger partial charge on any atom is 0.307 e. The predicted molar refractivity (Wildman–Crippen MR) is 118 cm³/mol. The molecule has 1 heterocycles. The number of benzene rings is 3. The van der Waals surface area contributed by atoms with Crippen molar-refractivity contribution >= 4 is 22.5 Å². The van der Waals surface area contributed by atoms with Gasteiger partial charge in [0.05, 0.1) is 23.2 Å². The number of hydrazone groups is 1. The van der Waals surface area contributed by atoms with Gasteiger partial charge in [0.25, 0.3) is 5.56 Å². The average Bonchev–Trinajstić information content (AvgIpc) is 2.80. The van der Waals surface area contributed by atoms with Crippen molar-refractivity contribution in [1.29, 1.82) is 0 Å². The summed E-state index contributed by atoms with van der Waals surface area (Å²) in [5.74, 6) is -0.517. The van der Waals surface area contributed by atoms with Crippen LogP contribution < -0.4 is 11.0 Å². The molecule has 148 valence electrons. The molecule has 1 N–H and O–H groups in total. The van der Waals surface area contributed by atoms with E-state index in [9.17, 15) is 9.59 Å². The van der Waals surface area contributed by atoms with Crippen LogP contribution in [0.1, 0.15) is 28.7 Å². The fourth-order valence-electron chi connectivity index (χ4n) is 3.18. The number of fused-ring (bicyclic) bond motifs is 1. The number of nitrogens with zero attached hydrogens (tertiary/aromatic N) is 3. The molecule has 0 bridgehead atoms. The van der Waals surface area contributed by atoms with Crippen LogP contribution in [0, 0.1) is 0 Å². The molecule has 0 saturated heterocycles. The molecule has 30 heavy (non-hydrogen) atoms. The number of hydrogen-bond donors (Lipinski definition) is 1. The Morgan fingerprint density at radius 2 is 1.57 bits per heavy atom. The van der Waals surface area contributed by atoms with Gasteiger partial charge in [-0.2, -0.15) is 5.10 Å². The Kier molecular flexibility index (Phi) is 5.48. The lowest BCUT2D eigenvalue weighted by atomic mass is 10.1. The largest absolute Gasteiger partial charge is 0.307 e. The number of aromatic nitrogens is 2. The Morgan fingerprint density at radius 3 is 2.30 bits per heavy atom. The van der Waals surface area contributed by atoms with E-state index >= 15 is 0 Å². The zero-order valence-electron chi connectivity index (χ0n) is 16.4. The Labute approximate surface area is 173 Å². The van der Waals surface area contributed by atoms with Gasteiger partial charge in [0.15, 0.2) is 0 Å². The molecule has 3 aromatic carbocycles. The number of rotatable bonds is 5. The van der Waals surface area contributed by atoms with E-state index in [-0.39, 0.29) is 17.9 Å². The van der Waals surface area contributed by atoms with Crippen molar-refractivity contribution in [2.75, 3.05) is 0 Å². The Morgan fingerprint density at radius 1 is 0.933 bits per heavy atom. The van der Waals surface area contributed by atoms with E-state index < -0.39 is 5.91 Å². The van der Waals surface area contributed by atoms with Gasteiger partial charge in [-0.05, 0) is 30.2 Å². The number of nitrogens with one attached hydrogen (secondary N) is 1. The van der Waals surface area contributed by atoms with Crippen molar-refractivity contribution in [2.45, 2.75) is 13.5 Å². The minimum atomic E-state index is -0.538. The van der Waals surface area contributed by atoms with Gasteiger partial charge < -0.3 is 0 Å². The van der Waals surface area contributed by atoms with Gasteiger partial charge in [-0.25, -0.2) is 10.4 Å². The lowest BCUT2D eigenvalue weighted by Crippen LogP contribution is -2.32. The normalized spacial score (nSPS) is 11.4. The zero-order chi connectivity index (χ0) is 20.9. The SMILES string of the molecule is C/C(=N/NC(=O)c1nc2ccccc2c(=O)n1Cc1ccccc1)c1ccccc1. The fraction of sp³-hybridized carbons (Fsp3) is 0.0833. The van der Waals surface area contributed by atoms with E-state index in [4.69, 9.17) is 0 Å². The Hall–Kier alpha value is -4.06. The molecule has 6 nitrogen and oxygen atoms in total. The van der Waals surface area contributed by atoms with Crippen LogP contribution in [0.4, 0.5) is 0 Å². The molecule has 6 heteroatoms. The van der Waals surface area contributed by atoms with Crippen LogP contribution in [0.25, 0.3) is 10.9 Å². The minimum Gasteiger partial charge on any atom is -0.283 e. The maximum absolute atomic E-state index is 13.1. The molecule has 1 aromatic heterocycles. The maximum atomic E-state index is 13.1. The molecule has 0 spiro atoms. The van der Waals surface area contributed by atoms with Crippen LogP contribution in [0.3, 0.4) is 0 Å². The van der Waals surface area contributed by atoms with Crippen molar-refractivity contribution < 1.29 is 4.79 Å². The van der Waals surface area contributed by atoms with Crippen molar-refractivity contribution in [2.24, 2.45) is 5.10 Å². The average molecular weight is 396 g/mol. The molecule has 0 saturated carbocycles. The van der Waals surface area contributed by atoms with Gasteiger partial charge in [-0.1, -0.05) is 72.8 Å². The molecule has 0 atom stereocenters. The number of para-hydroxylation sites is 1. The van der Waals surface area contributed by atoms with Crippen LogP contribution in [0.15, 0.2) is 94.8 Å². The number of amides is 1. The van der Waals surface area contributed by atoms with E-state index in [0.29, 0.717) is 16.6 Å². The van der Waals surface area contributed by atoms with E-state index in [1.54, 1.807) is 31.2 Å². The number of hydrogen-bond acceptors (Lipinski definition) is 4. The van der Waals surface area contributed by atoms with E-state index in [2.05, 4.69) is 15.5 Å². The Bertz CT molecular complexity index is 1280. The summed E-state index contributed by atoms with van der Waals surface area (Å²) in [6.07, 6.45) is 0. The standard InChI is InChI=1S/C24H20N4O2/c1-17(19-12-6-3-7-13-19)26-27-23(29)22-25-21-15-9-8-14-20(21)24(30)28(22)16-18-10-4-2-5-11-18/h2-15H,16H2,1H3,(H,27,29)/b26-17-. The lowest BCUT2D eigenvalue weighted by molar-refractivity contribution is 0.0939. The summed E-state index contributed by atoms with van der Waals surface area (Å²) in [6.45, 7) is 2.04. The third-order valence-electron chi connectivity index (χ3n) is 4.76. The van der Waals surface area contributed by atoms with Gasteiger partial charge in [0.2, 0.25) is 5.82 Å². The fourth-order valence-corrected chi connectivity index (χ4v) is 3.18. The van der Waals surface area contributed by atoms with Crippen LogP contribution in [0.2, 0.25) is 0 Å². The zero-order valence-corrected chi connectivity index (χ0v) is 16.4. The molecular formula is C24H20N4O2. The molecule has 1 amide bonds. The summed E-state index contributed by atoms with van der Waals surface area (Å²) in [6, 6.07) is 26.0. The van der Waals surface area contributed by atoms with Gasteiger partial charge in [-0.3, -0.25) is 14.2 Å². The molecule has 0 fully saturated rings. The monoisotopic (exact) mass is 396 g/mol. The lowest BCUT2D eigenvalue weighted by Gasteiger charge is -2.13. The van der Waals surface area contributed by atoms with Gasteiger partial charge >= 0.3 is 5.91 Å². The molecular weight excluding hydrogens is 376 g/mol. The first kappa shape index (κ1) is 19.3. The number of carbonyl (C=O) groups excluding carboxylic acids is 1. The highest BCUT2D eigenvalue weighted by atomic mass is 16.2. The topological polar surface area (TPSA) is 76.3 Å². The molecule has 0 aliphatic rings. The summed E-state index contributed by atoms with van der Waals surface area (Å²) in [4.78, 5) is 30.5. The quantitative estimate of drug-likeness (QED) is 0.414. The minimum absolute atomic E-state index is 0.0205. The second-order valence-corrected chi connectivity index (χ2v) is 6.83. The molecule has 0 radical (unpaired) electrons. The van der Waals surface area contributed by atoms with E-state index in [0.717, 1.165) is 11.1 Å². The van der Waals surface area contributed by atoms with Gasteiger partial charge in [-0.15, -0.1) is 0 Å². The van der Waals surface area contributed by atoms with E-state index in [1.807, 2.05) is 60.7 Å². The summed E-state index contributed by atoms with van der Waals surface area (Å²) in [7, 11) is 0.